The Morgan fingerprint density at radius 2 is 1.70 bits per heavy atom. The molecule has 1 aromatic carbocycles. The zero-order valence-corrected chi connectivity index (χ0v) is 28.5. The number of imide groups is 1. The van der Waals surface area contributed by atoms with Crippen molar-refractivity contribution < 1.29 is 37.9 Å². The average molecular weight is 658 g/mol. The van der Waals surface area contributed by atoms with E-state index in [1.807, 2.05) is 18.7 Å². The molecule has 0 spiro atoms. The van der Waals surface area contributed by atoms with Crippen LogP contribution >= 0.6 is 0 Å². The second-order valence-electron chi connectivity index (χ2n) is 11.9. The van der Waals surface area contributed by atoms with Crippen LogP contribution < -0.4 is 10.8 Å². The van der Waals surface area contributed by atoms with E-state index < -0.39 is 29.6 Å². The molecule has 0 unspecified atom stereocenters. The lowest BCUT2D eigenvalue weighted by atomic mass is 9.86. The van der Waals surface area contributed by atoms with Crippen molar-refractivity contribution in [3.8, 4) is 0 Å². The second-order valence-corrected chi connectivity index (χ2v) is 11.9. The number of fused-ring (bicyclic) bond motifs is 1. The van der Waals surface area contributed by atoms with Crippen molar-refractivity contribution in [2.24, 2.45) is 5.41 Å². The first-order valence-corrected chi connectivity index (χ1v) is 16.1. The van der Waals surface area contributed by atoms with Crippen LogP contribution in [0.25, 0.3) is 11.6 Å². The fourth-order valence-corrected chi connectivity index (χ4v) is 5.12. The maximum absolute atomic E-state index is 14.0. The van der Waals surface area contributed by atoms with Gasteiger partial charge in [0.15, 0.2) is 0 Å². The molecule has 2 heterocycles. The molecule has 1 aromatic heterocycles. The summed E-state index contributed by atoms with van der Waals surface area (Å²) in [4.78, 5) is 63.2. The van der Waals surface area contributed by atoms with E-state index in [0.717, 1.165) is 17.7 Å². The van der Waals surface area contributed by atoms with Crippen LogP contribution in [0.2, 0.25) is 0 Å². The summed E-state index contributed by atoms with van der Waals surface area (Å²) in [6.07, 6.45) is 2.47. The van der Waals surface area contributed by atoms with Gasteiger partial charge in [-0.3, -0.25) is 14.4 Å². The van der Waals surface area contributed by atoms with Crippen LogP contribution in [-0.2, 0) is 23.9 Å². The Bertz CT molecular complexity index is 1460. The number of aryl methyl sites for hydroxylation is 1. The van der Waals surface area contributed by atoms with Crippen LogP contribution in [0.5, 0.6) is 0 Å². The molecule has 0 saturated carbocycles. The van der Waals surface area contributed by atoms with Crippen LogP contribution in [0.15, 0.2) is 18.2 Å². The van der Waals surface area contributed by atoms with E-state index in [9.17, 15) is 23.6 Å². The number of hydrogen-bond donors (Lipinski definition) is 3. The summed E-state index contributed by atoms with van der Waals surface area (Å²) in [5, 5.41) is 2.71. The van der Waals surface area contributed by atoms with Gasteiger partial charge in [-0.2, -0.15) is 5.48 Å². The number of anilines is 1. The van der Waals surface area contributed by atoms with Crippen molar-refractivity contribution >= 4 is 41.2 Å². The summed E-state index contributed by atoms with van der Waals surface area (Å²) in [5.41, 5.74) is 4.88. The van der Waals surface area contributed by atoms with Crippen molar-refractivity contribution in [2.75, 3.05) is 57.9 Å². The van der Waals surface area contributed by atoms with E-state index in [0.29, 0.717) is 61.1 Å². The van der Waals surface area contributed by atoms with Gasteiger partial charge in [0.2, 0.25) is 0 Å². The van der Waals surface area contributed by atoms with Crippen molar-refractivity contribution in [3.05, 3.63) is 52.1 Å². The average Bonchev–Trinajstić information content (AvgIpc) is 3.52. The molecule has 0 atom stereocenters. The van der Waals surface area contributed by atoms with E-state index in [1.54, 1.807) is 19.9 Å². The molecule has 0 fully saturated rings. The largest absolute Gasteiger partial charge is 0.441 e. The Kier molecular flexibility index (Phi) is 13.7. The Balaban J connectivity index is 1.70. The molecule has 2 aromatic rings. The SMILES string of the molecule is CCN(CC)CCN(C(=O)ONC(=O)COCCOCC(C)(CC)CC)C(=O)c1c(C)[nH]c(/C=C2\C(=O)Nc3ccc(F)cc32)c1C. The number of aromatic amines is 1. The molecular formula is C34H48FN5O7. The highest BCUT2D eigenvalue weighted by Crippen LogP contribution is 2.34. The highest BCUT2D eigenvalue weighted by atomic mass is 19.1. The maximum atomic E-state index is 14.0. The van der Waals surface area contributed by atoms with Crippen LogP contribution in [0, 0.1) is 25.1 Å². The Morgan fingerprint density at radius 1 is 1.02 bits per heavy atom. The van der Waals surface area contributed by atoms with Gasteiger partial charge in [0, 0.05) is 35.7 Å². The van der Waals surface area contributed by atoms with Crippen LogP contribution in [0.1, 0.15) is 80.3 Å². The van der Waals surface area contributed by atoms with Gasteiger partial charge in [-0.05, 0) is 75.0 Å². The molecule has 0 aliphatic carbocycles. The van der Waals surface area contributed by atoms with Gasteiger partial charge < -0.3 is 29.5 Å². The minimum Gasteiger partial charge on any atom is -0.378 e. The number of amides is 4. The lowest BCUT2D eigenvalue weighted by Gasteiger charge is -2.26. The summed E-state index contributed by atoms with van der Waals surface area (Å²) < 4.78 is 25.0. The van der Waals surface area contributed by atoms with E-state index in [-0.39, 0.29) is 36.3 Å². The fourth-order valence-electron chi connectivity index (χ4n) is 5.12. The van der Waals surface area contributed by atoms with Gasteiger partial charge in [-0.1, -0.05) is 34.6 Å². The summed E-state index contributed by atoms with van der Waals surface area (Å²) >= 11 is 0. The number of halogens is 1. The predicted molar refractivity (Wildman–Crippen MR) is 177 cm³/mol. The number of nitrogens with one attached hydrogen (secondary N) is 3. The molecule has 0 bridgehead atoms. The van der Waals surface area contributed by atoms with Gasteiger partial charge >= 0.3 is 6.09 Å². The molecule has 3 rings (SSSR count). The van der Waals surface area contributed by atoms with Gasteiger partial charge in [0.05, 0.1) is 31.0 Å². The predicted octanol–water partition coefficient (Wildman–Crippen LogP) is 5.07. The topological polar surface area (TPSA) is 142 Å². The number of hydroxylamine groups is 1. The first-order chi connectivity index (χ1) is 22.4. The highest BCUT2D eigenvalue weighted by Gasteiger charge is 2.31. The van der Waals surface area contributed by atoms with Crippen molar-refractivity contribution in [1.29, 1.82) is 0 Å². The molecular weight excluding hydrogens is 609 g/mol. The molecule has 3 N–H and O–H groups in total. The van der Waals surface area contributed by atoms with E-state index >= 15 is 0 Å². The lowest BCUT2D eigenvalue weighted by Crippen LogP contribution is -2.45. The van der Waals surface area contributed by atoms with Gasteiger partial charge in [0.1, 0.15) is 12.4 Å². The first-order valence-electron chi connectivity index (χ1n) is 16.1. The number of ether oxygens (including phenoxy) is 2. The van der Waals surface area contributed by atoms with Gasteiger partial charge in [-0.25, -0.2) is 14.1 Å². The Hall–Kier alpha value is -4.07. The monoisotopic (exact) mass is 657 g/mol. The molecule has 4 amide bonds. The third-order valence-electron chi connectivity index (χ3n) is 8.76. The Labute approximate surface area is 275 Å². The van der Waals surface area contributed by atoms with Crippen molar-refractivity contribution in [2.45, 2.75) is 61.3 Å². The van der Waals surface area contributed by atoms with Crippen molar-refractivity contribution in [3.63, 3.8) is 0 Å². The molecule has 0 saturated heterocycles. The number of carbonyl (C=O) groups is 4. The lowest BCUT2D eigenvalue weighted by molar-refractivity contribution is -0.135. The third-order valence-corrected chi connectivity index (χ3v) is 8.76. The molecule has 12 nitrogen and oxygen atoms in total. The molecule has 0 radical (unpaired) electrons. The highest BCUT2D eigenvalue weighted by molar-refractivity contribution is 6.35. The number of rotatable bonds is 16. The number of aromatic nitrogens is 1. The van der Waals surface area contributed by atoms with E-state index in [2.05, 4.69) is 36.6 Å². The van der Waals surface area contributed by atoms with Crippen molar-refractivity contribution in [1.82, 2.24) is 20.3 Å². The molecule has 13 heteroatoms. The van der Waals surface area contributed by atoms with Crippen LogP contribution in [0.3, 0.4) is 0 Å². The minimum atomic E-state index is -1.06. The summed E-state index contributed by atoms with van der Waals surface area (Å²) in [5.74, 6) is -2.23. The first kappa shape index (κ1) is 37.4. The Morgan fingerprint density at radius 3 is 2.36 bits per heavy atom. The summed E-state index contributed by atoms with van der Waals surface area (Å²) in [7, 11) is 0. The number of H-pyrrole nitrogens is 1. The molecule has 1 aliphatic rings. The normalized spacial score (nSPS) is 13.6. The zero-order valence-electron chi connectivity index (χ0n) is 28.5. The molecule has 47 heavy (non-hydrogen) atoms. The quantitative estimate of drug-likeness (QED) is 0.129. The second kappa shape index (κ2) is 17.2. The van der Waals surface area contributed by atoms with Crippen LogP contribution in [0.4, 0.5) is 14.9 Å². The fraction of sp³-hybridized carbons (Fsp3) is 0.529. The number of benzene rings is 1. The van der Waals surface area contributed by atoms with Gasteiger partial charge in [0.25, 0.3) is 17.7 Å². The number of nitrogens with zero attached hydrogens (tertiary/aromatic N) is 2. The minimum absolute atomic E-state index is 0.00691. The van der Waals surface area contributed by atoms with E-state index in [4.69, 9.17) is 14.3 Å². The smallest absolute Gasteiger partial charge is 0.378 e. The molecule has 1 aliphatic heterocycles. The summed E-state index contributed by atoms with van der Waals surface area (Å²) in [6.45, 7) is 16.2. The van der Waals surface area contributed by atoms with Crippen LogP contribution in [-0.4, -0.2) is 91.2 Å². The molecule has 258 valence electrons. The summed E-state index contributed by atoms with van der Waals surface area (Å²) in [6, 6.07) is 4.01. The third kappa shape index (κ3) is 9.72. The van der Waals surface area contributed by atoms with Gasteiger partial charge in [-0.15, -0.1) is 0 Å². The number of carbonyl (C=O) groups excluding carboxylic acids is 4. The van der Waals surface area contributed by atoms with E-state index in [1.165, 1.54) is 18.2 Å². The zero-order chi connectivity index (χ0) is 34.7. The standard InChI is InChI=1S/C34H48FN5O7/c1-8-34(7,9-2)21-46-17-16-45-20-29(41)38-47-33(44)40(15-14-39(10-3)11-4)32(43)30-22(5)28(36-23(30)6)19-26-25-18-24(35)12-13-27(25)37-31(26)42/h12-13,18-19,36H,8-11,14-17,20-21H2,1-7H3,(H,37,42)(H,38,41)/b26-19-. The number of likely N-dealkylation sites (N-methyl/N-ethyl adjacent to an activating group) is 1. The maximum Gasteiger partial charge on any atom is 0.441 e. The number of hydrogen-bond acceptors (Lipinski definition) is 8.